The fourth-order valence-corrected chi connectivity index (χ4v) is 1.58. The van der Waals surface area contributed by atoms with Crippen LogP contribution >= 0.6 is 0 Å². The molecule has 0 spiro atoms. The second-order valence-electron chi connectivity index (χ2n) is 4.03. The van der Waals surface area contributed by atoms with Crippen LogP contribution in [-0.4, -0.2) is 21.7 Å². The Morgan fingerprint density at radius 2 is 2.11 bits per heavy atom. The first-order valence-corrected chi connectivity index (χ1v) is 5.47. The molecule has 5 nitrogen and oxygen atoms in total. The van der Waals surface area contributed by atoms with Crippen molar-refractivity contribution in [3.05, 3.63) is 36.0 Å². The van der Waals surface area contributed by atoms with Crippen LogP contribution in [0, 0.1) is 0 Å². The Bertz CT molecular complexity index is 631. The molecule has 0 radical (unpaired) electrons. The third kappa shape index (κ3) is 2.29. The molecule has 0 saturated heterocycles. The molecule has 92 valence electrons. The van der Waals surface area contributed by atoms with E-state index in [9.17, 15) is 9.90 Å². The Kier molecular flexibility index (Phi) is 3.23. The first-order valence-electron chi connectivity index (χ1n) is 5.47. The normalized spacial score (nSPS) is 10.1. The van der Waals surface area contributed by atoms with Gasteiger partial charge in [0.2, 0.25) is 0 Å². The first kappa shape index (κ1) is 12.0. The molecule has 0 fully saturated rings. The van der Waals surface area contributed by atoms with Gasteiger partial charge in [-0.15, -0.1) is 0 Å². The van der Waals surface area contributed by atoms with E-state index in [0.717, 1.165) is 5.71 Å². The number of hydrogen-bond acceptors (Lipinski definition) is 4. The molecule has 2 aromatic rings. The zero-order valence-electron chi connectivity index (χ0n) is 10.1. The van der Waals surface area contributed by atoms with Gasteiger partial charge in [0.25, 0.3) is 5.91 Å². The van der Waals surface area contributed by atoms with Crippen LogP contribution in [0.1, 0.15) is 24.2 Å². The monoisotopic (exact) mass is 243 g/mol. The minimum absolute atomic E-state index is 0.0531. The highest BCUT2D eigenvalue weighted by atomic mass is 16.3. The summed E-state index contributed by atoms with van der Waals surface area (Å²) in [6.45, 7) is 3.58. The number of fused-ring (bicyclic) bond motifs is 1. The zero-order valence-corrected chi connectivity index (χ0v) is 10.1. The van der Waals surface area contributed by atoms with Gasteiger partial charge in [0, 0.05) is 17.3 Å². The maximum atomic E-state index is 11.9. The van der Waals surface area contributed by atoms with Crippen LogP contribution in [0.3, 0.4) is 0 Å². The second-order valence-corrected chi connectivity index (χ2v) is 4.03. The number of carbonyl (C=O) groups is 1. The summed E-state index contributed by atoms with van der Waals surface area (Å²) >= 11 is 0. The minimum Gasteiger partial charge on any atom is -0.506 e. The lowest BCUT2D eigenvalue weighted by Gasteiger charge is -2.06. The lowest BCUT2D eigenvalue weighted by molar-refractivity contribution is 0.0956. The van der Waals surface area contributed by atoms with Gasteiger partial charge in [-0.1, -0.05) is 6.07 Å². The van der Waals surface area contributed by atoms with E-state index < -0.39 is 0 Å². The topological polar surface area (TPSA) is 74.6 Å². The van der Waals surface area contributed by atoms with Gasteiger partial charge in [-0.25, -0.2) is 5.43 Å². The minimum atomic E-state index is -0.325. The third-order valence-electron chi connectivity index (χ3n) is 2.37. The number of rotatable bonds is 2. The van der Waals surface area contributed by atoms with E-state index in [-0.39, 0.29) is 11.7 Å². The van der Waals surface area contributed by atoms with E-state index in [1.165, 1.54) is 6.07 Å². The molecule has 1 aromatic heterocycles. The lowest BCUT2D eigenvalue weighted by atomic mass is 10.1. The number of aromatic hydroxyl groups is 1. The highest BCUT2D eigenvalue weighted by Gasteiger charge is 2.12. The summed E-state index contributed by atoms with van der Waals surface area (Å²) in [6, 6.07) is 6.45. The Labute approximate surface area is 104 Å². The number of hydrogen-bond donors (Lipinski definition) is 2. The van der Waals surface area contributed by atoms with Crippen LogP contribution in [0.25, 0.3) is 10.9 Å². The van der Waals surface area contributed by atoms with Crippen molar-refractivity contribution in [3.63, 3.8) is 0 Å². The Balaban J connectivity index is 2.49. The van der Waals surface area contributed by atoms with Gasteiger partial charge in [0.1, 0.15) is 11.3 Å². The van der Waals surface area contributed by atoms with Crippen LogP contribution in [0.2, 0.25) is 0 Å². The SMILES string of the molecule is CC(C)=NNC(=O)c1ccc(O)c2ncccc12. The van der Waals surface area contributed by atoms with Crippen molar-refractivity contribution in [3.8, 4) is 5.75 Å². The zero-order chi connectivity index (χ0) is 13.1. The largest absolute Gasteiger partial charge is 0.506 e. The number of amides is 1. The second kappa shape index (κ2) is 4.83. The van der Waals surface area contributed by atoms with Gasteiger partial charge in [-0.2, -0.15) is 5.10 Å². The van der Waals surface area contributed by atoms with E-state index >= 15 is 0 Å². The van der Waals surface area contributed by atoms with Crippen molar-refractivity contribution in [2.45, 2.75) is 13.8 Å². The molecule has 0 aliphatic heterocycles. The molecular formula is C13H13N3O2. The Morgan fingerprint density at radius 3 is 2.83 bits per heavy atom. The van der Waals surface area contributed by atoms with E-state index in [1.54, 1.807) is 38.2 Å². The van der Waals surface area contributed by atoms with Crippen LogP contribution in [-0.2, 0) is 0 Å². The summed E-state index contributed by atoms with van der Waals surface area (Å²) in [7, 11) is 0. The van der Waals surface area contributed by atoms with Crippen LogP contribution < -0.4 is 5.43 Å². The molecule has 0 saturated carbocycles. The number of carbonyl (C=O) groups excluding carboxylic acids is 1. The molecule has 0 aliphatic rings. The summed E-state index contributed by atoms with van der Waals surface area (Å²) in [5.74, 6) is -0.272. The molecule has 18 heavy (non-hydrogen) atoms. The lowest BCUT2D eigenvalue weighted by Crippen LogP contribution is -2.18. The number of phenolic OH excluding ortho intramolecular Hbond substituents is 1. The molecule has 2 N–H and O–H groups in total. The Hall–Kier alpha value is -2.43. The number of nitrogens with zero attached hydrogens (tertiary/aromatic N) is 2. The van der Waals surface area contributed by atoms with Gasteiger partial charge >= 0.3 is 0 Å². The molecule has 1 aromatic carbocycles. The molecule has 1 heterocycles. The summed E-state index contributed by atoms with van der Waals surface area (Å²) < 4.78 is 0. The highest BCUT2D eigenvalue weighted by molar-refractivity contribution is 6.07. The molecular weight excluding hydrogens is 230 g/mol. The summed E-state index contributed by atoms with van der Waals surface area (Å²) in [5.41, 5.74) is 4.04. The number of benzene rings is 1. The first-order chi connectivity index (χ1) is 8.59. The predicted octanol–water partition coefficient (Wildman–Crippen LogP) is 2.07. The van der Waals surface area contributed by atoms with Gasteiger partial charge in [-0.05, 0) is 32.0 Å². The van der Waals surface area contributed by atoms with E-state index in [0.29, 0.717) is 16.5 Å². The fourth-order valence-electron chi connectivity index (χ4n) is 1.58. The van der Waals surface area contributed by atoms with Gasteiger partial charge < -0.3 is 5.11 Å². The Morgan fingerprint density at radius 1 is 1.33 bits per heavy atom. The third-order valence-corrected chi connectivity index (χ3v) is 2.37. The van der Waals surface area contributed by atoms with Gasteiger partial charge in [0.05, 0.1) is 5.56 Å². The summed E-state index contributed by atoms with van der Waals surface area (Å²) in [5, 5.41) is 14.1. The molecule has 5 heteroatoms. The molecule has 0 atom stereocenters. The van der Waals surface area contributed by atoms with Crippen molar-refractivity contribution in [1.82, 2.24) is 10.4 Å². The van der Waals surface area contributed by atoms with Crippen molar-refractivity contribution >= 4 is 22.5 Å². The highest BCUT2D eigenvalue weighted by Crippen LogP contribution is 2.25. The molecule has 0 aliphatic carbocycles. The number of phenols is 1. The quantitative estimate of drug-likeness (QED) is 0.626. The summed E-state index contributed by atoms with van der Waals surface area (Å²) in [6.07, 6.45) is 1.57. The van der Waals surface area contributed by atoms with Crippen molar-refractivity contribution < 1.29 is 9.90 Å². The van der Waals surface area contributed by atoms with E-state index in [1.807, 2.05) is 0 Å². The van der Waals surface area contributed by atoms with E-state index in [4.69, 9.17) is 0 Å². The molecule has 0 bridgehead atoms. The predicted molar refractivity (Wildman–Crippen MR) is 69.7 cm³/mol. The van der Waals surface area contributed by atoms with E-state index in [2.05, 4.69) is 15.5 Å². The van der Waals surface area contributed by atoms with Crippen LogP contribution in [0.5, 0.6) is 5.75 Å². The number of aromatic nitrogens is 1. The van der Waals surface area contributed by atoms with Crippen molar-refractivity contribution in [2.24, 2.45) is 5.10 Å². The average molecular weight is 243 g/mol. The van der Waals surface area contributed by atoms with Crippen molar-refractivity contribution in [2.75, 3.05) is 0 Å². The maximum absolute atomic E-state index is 11.9. The van der Waals surface area contributed by atoms with Gasteiger partial charge in [-0.3, -0.25) is 9.78 Å². The molecule has 2 rings (SSSR count). The molecule has 0 unspecified atom stereocenters. The van der Waals surface area contributed by atoms with Crippen LogP contribution in [0.15, 0.2) is 35.6 Å². The standard InChI is InChI=1S/C13H13N3O2/c1-8(2)15-16-13(18)10-5-6-11(17)12-9(10)4-3-7-14-12/h3-7,17H,1-2H3,(H,16,18). The van der Waals surface area contributed by atoms with Crippen molar-refractivity contribution in [1.29, 1.82) is 0 Å². The van der Waals surface area contributed by atoms with Gasteiger partial charge in [0.15, 0.2) is 0 Å². The summed E-state index contributed by atoms with van der Waals surface area (Å²) in [4.78, 5) is 16.0. The van der Waals surface area contributed by atoms with Crippen LogP contribution in [0.4, 0.5) is 0 Å². The molecule has 1 amide bonds. The number of pyridine rings is 1. The number of hydrazone groups is 1. The fraction of sp³-hybridized carbons (Fsp3) is 0.154. The average Bonchev–Trinajstić information content (AvgIpc) is 2.37. The number of nitrogens with one attached hydrogen (secondary N) is 1. The smallest absolute Gasteiger partial charge is 0.272 e. The maximum Gasteiger partial charge on any atom is 0.272 e.